The summed E-state index contributed by atoms with van der Waals surface area (Å²) in [6, 6.07) is 8.26. The molecule has 0 radical (unpaired) electrons. The molecule has 140 valence electrons. The molecular formula is C21H24N4O2. The number of carbonyl (C=O) groups excluding carboxylic acids is 1. The Morgan fingerprint density at radius 3 is 2.30 bits per heavy atom. The van der Waals surface area contributed by atoms with E-state index in [0.29, 0.717) is 23.8 Å². The van der Waals surface area contributed by atoms with Crippen molar-refractivity contribution in [1.82, 2.24) is 19.8 Å². The van der Waals surface area contributed by atoms with Gasteiger partial charge in [-0.15, -0.1) is 0 Å². The van der Waals surface area contributed by atoms with E-state index in [1.807, 2.05) is 24.3 Å². The number of hydrogen-bond donors (Lipinski definition) is 0. The van der Waals surface area contributed by atoms with Gasteiger partial charge in [0.2, 0.25) is 0 Å². The quantitative estimate of drug-likeness (QED) is 0.834. The van der Waals surface area contributed by atoms with Gasteiger partial charge in [-0.2, -0.15) is 0 Å². The Kier molecular flexibility index (Phi) is 4.28. The number of amides is 1. The minimum Gasteiger partial charge on any atom is -0.410 e. The van der Waals surface area contributed by atoms with Crippen LogP contribution in [0.1, 0.15) is 25.7 Å². The van der Waals surface area contributed by atoms with E-state index >= 15 is 0 Å². The van der Waals surface area contributed by atoms with Gasteiger partial charge < -0.3 is 14.5 Å². The van der Waals surface area contributed by atoms with Crippen LogP contribution in [0, 0.1) is 5.92 Å². The van der Waals surface area contributed by atoms with Gasteiger partial charge in [-0.05, 0) is 62.4 Å². The number of benzene rings is 1. The van der Waals surface area contributed by atoms with Gasteiger partial charge in [0, 0.05) is 30.5 Å². The van der Waals surface area contributed by atoms with Crippen molar-refractivity contribution in [1.29, 1.82) is 0 Å². The van der Waals surface area contributed by atoms with Crippen molar-refractivity contribution in [3.05, 3.63) is 43.0 Å². The first kappa shape index (κ1) is 16.7. The van der Waals surface area contributed by atoms with Crippen LogP contribution >= 0.6 is 0 Å². The average molecular weight is 364 g/mol. The van der Waals surface area contributed by atoms with Gasteiger partial charge in [0.25, 0.3) is 0 Å². The molecular weight excluding hydrogens is 340 g/mol. The fourth-order valence-corrected chi connectivity index (χ4v) is 4.47. The Morgan fingerprint density at radius 2 is 1.70 bits per heavy atom. The molecule has 27 heavy (non-hydrogen) atoms. The van der Waals surface area contributed by atoms with Crippen LogP contribution < -0.4 is 4.74 Å². The molecule has 2 bridgehead atoms. The summed E-state index contributed by atoms with van der Waals surface area (Å²) in [5.41, 5.74) is 1.95. The van der Waals surface area contributed by atoms with Gasteiger partial charge in [-0.3, -0.25) is 0 Å². The van der Waals surface area contributed by atoms with Gasteiger partial charge in [-0.25, -0.2) is 14.8 Å². The van der Waals surface area contributed by atoms with E-state index in [1.165, 1.54) is 32.3 Å². The van der Waals surface area contributed by atoms with Gasteiger partial charge >= 0.3 is 6.09 Å². The van der Waals surface area contributed by atoms with E-state index in [2.05, 4.69) is 19.8 Å². The van der Waals surface area contributed by atoms with Crippen LogP contribution in [-0.4, -0.2) is 57.6 Å². The number of carbonyl (C=O) groups is 1. The predicted molar refractivity (Wildman–Crippen MR) is 101 cm³/mol. The highest BCUT2D eigenvalue weighted by Gasteiger charge is 2.45. The second-order valence-corrected chi connectivity index (χ2v) is 7.86. The molecule has 1 amide bonds. The average Bonchev–Trinajstić information content (AvgIpc) is 3.55. The Balaban J connectivity index is 1.30. The molecule has 4 heterocycles. The smallest absolute Gasteiger partial charge is 0.410 e. The zero-order valence-corrected chi connectivity index (χ0v) is 15.3. The third-order valence-electron chi connectivity index (χ3n) is 6.08. The molecule has 1 unspecified atom stereocenters. The van der Waals surface area contributed by atoms with Gasteiger partial charge in [0.05, 0.1) is 6.04 Å². The number of piperidine rings is 3. The molecule has 1 saturated carbocycles. The van der Waals surface area contributed by atoms with E-state index in [4.69, 9.17) is 4.74 Å². The fraction of sp³-hybridized carbons (Fsp3) is 0.476. The molecule has 6 nitrogen and oxygen atoms in total. The lowest BCUT2D eigenvalue weighted by molar-refractivity contribution is 0.00929. The highest BCUT2D eigenvalue weighted by molar-refractivity contribution is 5.72. The van der Waals surface area contributed by atoms with E-state index in [-0.39, 0.29) is 6.09 Å². The Morgan fingerprint density at radius 1 is 1.00 bits per heavy atom. The van der Waals surface area contributed by atoms with Crippen molar-refractivity contribution in [3.63, 3.8) is 0 Å². The molecule has 2 aromatic rings. The summed E-state index contributed by atoms with van der Waals surface area (Å²) >= 11 is 0. The molecule has 1 aromatic heterocycles. The lowest BCUT2D eigenvalue weighted by Gasteiger charge is -2.48. The minimum absolute atomic E-state index is 0.188. The maximum absolute atomic E-state index is 13.0. The largest absolute Gasteiger partial charge is 0.415 e. The molecule has 4 fully saturated rings. The summed E-state index contributed by atoms with van der Waals surface area (Å²) in [6.45, 7) is 3.36. The molecule has 3 aliphatic heterocycles. The highest BCUT2D eigenvalue weighted by atomic mass is 16.6. The summed E-state index contributed by atoms with van der Waals surface area (Å²) < 4.78 is 5.77. The van der Waals surface area contributed by atoms with Crippen molar-refractivity contribution < 1.29 is 9.53 Å². The summed E-state index contributed by atoms with van der Waals surface area (Å²) in [4.78, 5) is 25.6. The maximum Gasteiger partial charge on any atom is 0.415 e. The zero-order chi connectivity index (χ0) is 18.2. The zero-order valence-electron chi connectivity index (χ0n) is 15.3. The lowest BCUT2D eigenvalue weighted by Crippen LogP contribution is -2.59. The van der Waals surface area contributed by atoms with E-state index in [1.54, 1.807) is 12.4 Å². The van der Waals surface area contributed by atoms with Crippen molar-refractivity contribution in [3.8, 4) is 16.9 Å². The van der Waals surface area contributed by atoms with Crippen LogP contribution in [0.5, 0.6) is 5.75 Å². The summed E-state index contributed by atoms with van der Waals surface area (Å²) in [5, 5.41) is 0. The van der Waals surface area contributed by atoms with E-state index in [0.717, 1.165) is 30.5 Å². The second-order valence-electron chi connectivity index (χ2n) is 7.86. The molecule has 6 rings (SSSR count). The van der Waals surface area contributed by atoms with Crippen LogP contribution in [0.3, 0.4) is 0 Å². The molecule has 1 atom stereocenters. The topological polar surface area (TPSA) is 58.6 Å². The number of hydrogen-bond acceptors (Lipinski definition) is 5. The van der Waals surface area contributed by atoms with Gasteiger partial charge in [0.15, 0.2) is 0 Å². The fourth-order valence-electron chi connectivity index (χ4n) is 4.47. The number of fused-ring (bicyclic) bond motifs is 3. The molecule has 6 heteroatoms. The van der Waals surface area contributed by atoms with Crippen molar-refractivity contribution >= 4 is 6.09 Å². The van der Waals surface area contributed by atoms with Crippen molar-refractivity contribution in [2.45, 2.75) is 37.8 Å². The van der Waals surface area contributed by atoms with Gasteiger partial charge in [0.1, 0.15) is 12.1 Å². The molecule has 1 aliphatic carbocycles. The molecule has 0 spiro atoms. The molecule has 3 saturated heterocycles. The monoisotopic (exact) mass is 364 g/mol. The standard InChI is InChI=1S/C21H24N4O2/c26-21(25(18-3-4-18)20-13-24-9-7-16(20)8-10-24)27-19-5-1-15(2-6-19)17-11-22-14-23-12-17/h1-2,5-6,11-12,14,16,18,20H,3-4,7-10,13H2. The predicted octanol–water partition coefficient (Wildman–Crippen LogP) is 3.20. The maximum atomic E-state index is 13.0. The van der Waals surface area contributed by atoms with Gasteiger partial charge in [-0.1, -0.05) is 12.1 Å². The first-order valence-corrected chi connectivity index (χ1v) is 9.86. The molecule has 0 N–H and O–H groups in total. The summed E-state index contributed by atoms with van der Waals surface area (Å²) in [7, 11) is 0. The van der Waals surface area contributed by atoms with Crippen LogP contribution in [0.4, 0.5) is 4.79 Å². The minimum atomic E-state index is -0.188. The molecule has 1 aromatic carbocycles. The highest BCUT2D eigenvalue weighted by Crippen LogP contribution is 2.38. The number of aromatic nitrogens is 2. The SMILES string of the molecule is O=C(Oc1ccc(-c2cncnc2)cc1)N(C1CC1)C1CN2CCC1CC2. The Labute approximate surface area is 159 Å². The van der Waals surface area contributed by atoms with Crippen molar-refractivity contribution in [2.75, 3.05) is 19.6 Å². The Hall–Kier alpha value is -2.47. The third-order valence-corrected chi connectivity index (χ3v) is 6.08. The first-order chi connectivity index (χ1) is 13.3. The lowest BCUT2D eigenvalue weighted by atomic mass is 9.83. The second kappa shape index (κ2) is 6.93. The van der Waals surface area contributed by atoms with Crippen LogP contribution in [0.2, 0.25) is 0 Å². The normalized spacial score (nSPS) is 26.6. The van der Waals surface area contributed by atoms with E-state index < -0.39 is 0 Å². The van der Waals surface area contributed by atoms with E-state index in [9.17, 15) is 4.79 Å². The number of ether oxygens (including phenoxy) is 1. The number of rotatable bonds is 4. The van der Waals surface area contributed by atoms with Crippen molar-refractivity contribution in [2.24, 2.45) is 5.92 Å². The summed E-state index contributed by atoms with van der Waals surface area (Å²) in [5.74, 6) is 1.22. The van der Waals surface area contributed by atoms with Crippen LogP contribution in [0.25, 0.3) is 11.1 Å². The first-order valence-electron chi connectivity index (χ1n) is 9.86. The third kappa shape index (κ3) is 3.41. The Bertz CT molecular complexity index is 799. The number of nitrogens with zero attached hydrogens (tertiary/aromatic N) is 4. The molecule has 4 aliphatic rings. The van der Waals surface area contributed by atoms with Crippen LogP contribution in [-0.2, 0) is 0 Å². The van der Waals surface area contributed by atoms with Crippen LogP contribution in [0.15, 0.2) is 43.0 Å². The summed E-state index contributed by atoms with van der Waals surface area (Å²) in [6.07, 6.45) is 9.49.